The van der Waals surface area contributed by atoms with Crippen molar-refractivity contribution in [3.63, 3.8) is 0 Å². The minimum atomic E-state index is -0.494. The zero-order valence-electron chi connectivity index (χ0n) is 12.6. The molecule has 0 aliphatic carbocycles. The summed E-state index contributed by atoms with van der Waals surface area (Å²) < 4.78 is 5.19. The lowest BCUT2D eigenvalue weighted by Crippen LogP contribution is -2.37. The summed E-state index contributed by atoms with van der Waals surface area (Å²) >= 11 is 0. The highest BCUT2D eigenvalue weighted by molar-refractivity contribution is 5.68. The van der Waals surface area contributed by atoms with Gasteiger partial charge in [0.2, 0.25) is 0 Å². The van der Waals surface area contributed by atoms with E-state index >= 15 is 0 Å². The standard InChI is InChI=1S/C15H24N2O3/c1-10(17-14(19)20-15(2,3)4)5-6-11-7-8-12(16)13(18)9-11/h7-10,18H,5-6,16H2,1-4H3,(H,17,19). The number of nitrogens with two attached hydrogens (primary N) is 1. The summed E-state index contributed by atoms with van der Waals surface area (Å²) in [4.78, 5) is 11.6. The quantitative estimate of drug-likeness (QED) is 0.585. The van der Waals surface area contributed by atoms with Crippen molar-refractivity contribution in [3.05, 3.63) is 23.8 Å². The number of phenols is 1. The molecule has 0 fully saturated rings. The molecule has 4 N–H and O–H groups in total. The summed E-state index contributed by atoms with van der Waals surface area (Å²) in [6, 6.07) is 5.19. The molecule has 20 heavy (non-hydrogen) atoms. The van der Waals surface area contributed by atoms with Crippen LogP contribution in [0.4, 0.5) is 10.5 Å². The van der Waals surface area contributed by atoms with E-state index < -0.39 is 11.7 Å². The lowest BCUT2D eigenvalue weighted by Gasteiger charge is -2.22. The molecule has 0 aliphatic heterocycles. The highest BCUT2D eigenvalue weighted by Crippen LogP contribution is 2.21. The van der Waals surface area contributed by atoms with Gasteiger partial charge in [0.1, 0.15) is 11.4 Å². The number of amides is 1. The maximum atomic E-state index is 11.6. The summed E-state index contributed by atoms with van der Waals surface area (Å²) in [5.41, 5.74) is 6.40. The molecule has 0 radical (unpaired) electrons. The van der Waals surface area contributed by atoms with Gasteiger partial charge in [0.25, 0.3) is 0 Å². The van der Waals surface area contributed by atoms with Gasteiger partial charge in [-0.3, -0.25) is 0 Å². The number of aryl methyl sites for hydroxylation is 1. The summed E-state index contributed by atoms with van der Waals surface area (Å²) in [6.07, 6.45) is 1.08. The zero-order chi connectivity index (χ0) is 15.3. The number of nitrogens with one attached hydrogen (secondary N) is 1. The van der Waals surface area contributed by atoms with Crippen molar-refractivity contribution in [1.82, 2.24) is 5.32 Å². The van der Waals surface area contributed by atoms with Gasteiger partial charge in [-0.15, -0.1) is 0 Å². The first-order valence-electron chi connectivity index (χ1n) is 6.74. The largest absolute Gasteiger partial charge is 0.506 e. The number of hydrogen-bond acceptors (Lipinski definition) is 4. The van der Waals surface area contributed by atoms with Crippen molar-refractivity contribution in [3.8, 4) is 5.75 Å². The van der Waals surface area contributed by atoms with Crippen LogP contribution in [0.25, 0.3) is 0 Å². The van der Waals surface area contributed by atoms with Crippen LogP contribution in [0.2, 0.25) is 0 Å². The normalized spacial score (nSPS) is 12.8. The predicted octanol–water partition coefficient (Wildman–Crippen LogP) is 2.82. The smallest absolute Gasteiger partial charge is 0.407 e. The van der Waals surface area contributed by atoms with Gasteiger partial charge in [-0.1, -0.05) is 6.07 Å². The van der Waals surface area contributed by atoms with Crippen molar-refractivity contribution in [1.29, 1.82) is 0 Å². The zero-order valence-corrected chi connectivity index (χ0v) is 12.6. The Kier molecular flexibility index (Phi) is 5.25. The first-order chi connectivity index (χ1) is 9.17. The van der Waals surface area contributed by atoms with E-state index in [0.29, 0.717) is 5.69 Å². The van der Waals surface area contributed by atoms with Crippen LogP contribution < -0.4 is 11.1 Å². The molecule has 1 aromatic carbocycles. The van der Waals surface area contributed by atoms with Crippen LogP contribution in [-0.2, 0) is 11.2 Å². The van der Waals surface area contributed by atoms with Crippen LogP contribution in [0.1, 0.15) is 39.7 Å². The molecule has 1 aromatic rings. The van der Waals surface area contributed by atoms with Gasteiger partial charge in [-0.05, 0) is 58.2 Å². The second-order valence-corrected chi connectivity index (χ2v) is 5.98. The Morgan fingerprint density at radius 1 is 1.45 bits per heavy atom. The van der Waals surface area contributed by atoms with Gasteiger partial charge < -0.3 is 20.9 Å². The van der Waals surface area contributed by atoms with Crippen LogP contribution in [-0.4, -0.2) is 22.8 Å². The molecule has 0 heterocycles. The fraction of sp³-hybridized carbons (Fsp3) is 0.533. The molecule has 0 saturated heterocycles. The van der Waals surface area contributed by atoms with Crippen LogP contribution in [0.3, 0.4) is 0 Å². The van der Waals surface area contributed by atoms with Crippen molar-refractivity contribution in [2.24, 2.45) is 0 Å². The third kappa shape index (κ3) is 5.82. The van der Waals surface area contributed by atoms with Gasteiger partial charge in [0.05, 0.1) is 5.69 Å². The lowest BCUT2D eigenvalue weighted by molar-refractivity contribution is 0.0506. The van der Waals surface area contributed by atoms with Crippen molar-refractivity contribution < 1.29 is 14.6 Å². The van der Waals surface area contributed by atoms with Gasteiger partial charge in [-0.25, -0.2) is 4.79 Å². The topological polar surface area (TPSA) is 84.6 Å². The van der Waals surface area contributed by atoms with Gasteiger partial charge >= 0.3 is 6.09 Å². The second kappa shape index (κ2) is 6.50. The summed E-state index contributed by atoms with van der Waals surface area (Å²) in [5, 5.41) is 12.3. The summed E-state index contributed by atoms with van der Waals surface area (Å²) in [5.74, 6) is 0.0928. The number of benzene rings is 1. The first-order valence-corrected chi connectivity index (χ1v) is 6.74. The van der Waals surface area contributed by atoms with Crippen LogP contribution >= 0.6 is 0 Å². The average molecular weight is 280 g/mol. The Balaban J connectivity index is 2.41. The molecule has 0 bridgehead atoms. The van der Waals surface area contributed by atoms with Gasteiger partial charge in [0.15, 0.2) is 0 Å². The van der Waals surface area contributed by atoms with Crippen LogP contribution in [0.15, 0.2) is 18.2 Å². The van der Waals surface area contributed by atoms with E-state index in [1.807, 2.05) is 33.8 Å². The fourth-order valence-corrected chi connectivity index (χ4v) is 1.71. The van der Waals surface area contributed by atoms with E-state index in [2.05, 4.69) is 5.32 Å². The van der Waals surface area contributed by atoms with Crippen molar-refractivity contribution >= 4 is 11.8 Å². The minimum Gasteiger partial charge on any atom is -0.506 e. The average Bonchev–Trinajstić information content (AvgIpc) is 2.28. The predicted molar refractivity (Wildman–Crippen MR) is 79.7 cm³/mol. The Morgan fingerprint density at radius 3 is 2.65 bits per heavy atom. The monoisotopic (exact) mass is 280 g/mol. The minimum absolute atomic E-state index is 0.00968. The molecule has 0 aromatic heterocycles. The first kappa shape index (κ1) is 16.1. The molecule has 5 nitrogen and oxygen atoms in total. The number of ether oxygens (including phenoxy) is 1. The Hall–Kier alpha value is -1.91. The number of rotatable bonds is 4. The number of hydrogen-bond donors (Lipinski definition) is 3. The SMILES string of the molecule is CC(CCc1ccc(N)c(O)c1)NC(=O)OC(C)(C)C. The number of alkyl carbamates (subject to hydrolysis) is 1. The maximum Gasteiger partial charge on any atom is 0.407 e. The Morgan fingerprint density at radius 2 is 2.10 bits per heavy atom. The number of phenolic OH excluding ortho intramolecular Hbond substituents is 1. The lowest BCUT2D eigenvalue weighted by atomic mass is 10.1. The number of carbonyl (C=O) groups is 1. The molecule has 0 saturated carbocycles. The third-order valence-electron chi connectivity index (χ3n) is 2.72. The molecule has 0 spiro atoms. The molecular formula is C15H24N2O3. The molecule has 1 unspecified atom stereocenters. The highest BCUT2D eigenvalue weighted by atomic mass is 16.6. The van der Waals surface area contributed by atoms with E-state index in [1.54, 1.807) is 12.1 Å². The van der Waals surface area contributed by atoms with E-state index in [1.165, 1.54) is 0 Å². The Bertz CT molecular complexity index is 467. The molecule has 1 amide bonds. The number of nitrogen functional groups attached to an aromatic ring is 1. The Labute approximate surface area is 120 Å². The molecule has 112 valence electrons. The third-order valence-corrected chi connectivity index (χ3v) is 2.72. The molecule has 5 heteroatoms. The molecule has 1 atom stereocenters. The number of aromatic hydroxyl groups is 1. The molecular weight excluding hydrogens is 256 g/mol. The highest BCUT2D eigenvalue weighted by Gasteiger charge is 2.17. The van der Waals surface area contributed by atoms with E-state index in [9.17, 15) is 9.90 Å². The van der Waals surface area contributed by atoms with E-state index in [4.69, 9.17) is 10.5 Å². The fourth-order valence-electron chi connectivity index (χ4n) is 1.71. The van der Waals surface area contributed by atoms with Crippen LogP contribution in [0, 0.1) is 0 Å². The number of carbonyl (C=O) groups excluding carboxylic acids is 1. The maximum absolute atomic E-state index is 11.6. The second-order valence-electron chi connectivity index (χ2n) is 5.98. The number of anilines is 1. The molecule has 0 aliphatic rings. The van der Waals surface area contributed by atoms with Crippen LogP contribution in [0.5, 0.6) is 5.75 Å². The van der Waals surface area contributed by atoms with Crippen molar-refractivity contribution in [2.45, 2.75) is 52.2 Å². The summed E-state index contributed by atoms with van der Waals surface area (Å²) in [6.45, 7) is 7.40. The van der Waals surface area contributed by atoms with E-state index in [0.717, 1.165) is 18.4 Å². The van der Waals surface area contributed by atoms with Gasteiger partial charge in [-0.2, -0.15) is 0 Å². The van der Waals surface area contributed by atoms with E-state index in [-0.39, 0.29) is 11.8 Å². The molecule has 1 rings (SSSR count). The summed E-state index contributed by atoms with van der Waals surface area (Å²) in [7, 11) is 0. The van der Waals surface area contributed by atoms with Crippen molar-refractivity contribution in [2.75, 3.05) is 5.73 Å². The van der Waals surface area contributed by atoms with Gasteiger partial charge in [0, 0.05) is 6.04 Å².